The van der Waals surface area contributed by atoms with Crippen LogP contribution in [-0.4, -0.2) is 47.6 Å². The molecular weight excluding hydrogens is 312 g/mol. The van der Waals surface area contributed by atoms with E-state index in [9.17, 15) is 19.8 Å². The van der Waals surface area contributed by atoms with Crippen molar-refractivity contribution in [2.75, 3.05) is 13.2 Å². The largest absolute Gasteiger partial charge is 0.460 e. The van der Waals surface area contributed by atoms with Crippen molar-refractivity contribution in [3.05, 3.63) is 25.3 Å². The maximum Gasteiger partial charge on any atom is 0.330 e. The molecule has 2 N–H and O–H groups in total. The molecule has 1 fully saturated rings. The maximum atomic E-state index is 11.1. The topological polar surface area (TPSA) is 93.1 Å². The van der Waals surface area contributed by atoms with Crippen molar-refractivity contribution in [1.29, 1.82) is 0 Å². The average molecular weight is 340 g/mol. The Morgan fingerprint density at radius 2 is 1.33 bits per heavy atom. The third kappa shape index (κ3) is 7.27. The van der Waals surface area contributed by atoms with E-state index in [1.807, 2.05) is 0 Å². The van der Waals surface area contributed by atoms with E-state index in [4.69, 9.17) is 9.47 Å². The zero-order valence-electron chi connectivity index (χ0n) is 14.1. The molecule has 2 unspecified atom stereocenters. The van der Waals surface area contributed by atoms with Crippen molar-refractivity contribution in [2.45, 2.75) is 57.2 Å². The number of aliphatic hydroxyl groups is 2. The molecule has 1 aliphatic carbocycles. The van der Waals surface area contributed by atoms with Crippen LogP contribution in [0.4, 0.5) is 0 Å². The number of ether oxygens (including phenoxy) is 2. The van der Waals surface area contributed by atoms with Gasteiger partial charge in [0, 0.05) is 12.2 Å². The second kappa shape index (κ2) is 10.3. The summed E-state index contributed by atoms with van der Waals surface area (Å²) in [4.78, 5) is 22.2. The number of esters is 2. The van der Waals surface area contributed by atoms with Gasteiger partial charge in [0.1, 0.15) is 13.2 Å². The van der Waals surface area contributed by atoms with Gasteiger partial charge in [-0.15, -0.1) is 0 Å². The summed E-state index contributed by atoms with van der Waals surface area (Å²) in [6.45, 7) is 6.44. The third-order valence-corrected chi connectivity index (χ3v) is 4.42. The van der Waals surface area contributed by atoms with Crippen LogP contribution in [0, 0.1) is 5.41 Å². The fourth-order valence-corrected chi connectivity index (χ4v) is 3.39. The molecule has 0 radical (unpaired) electrons. The lowest BCUT2D eigenvalue weighted by Crippen LogP contribution is -2.36. The normalized spacial score (nSPS) is 18.9. The van der Waals surface area contributed by atoms with Crippen LogP contribution < -0.4 is 0 Å². The zero-order valence-corrected chi connectivity index (χ0v) is 14.1. The highest BCUT2D eigenvalue weighted by atomic mass is 16.5. The van der Waals surface area contributed by atoms with Gasteiger partial charge in [0.25, 0.3) is 0 Å². The van der Waals surface area contributed by atoms with Crippen molar-refractivity contribution in [1.82, 2.24) is 0 Å². The predicted octanol–water partition coefficient (Wildman–Crippen LogP) is 1.90. The Labute approximate surface area is 143 Å². The summed E-state index contributed by atoms with van der Waals surface area (Å²) in [7, 11) is 0. The minimum Gasteiger partial charge on any atom is -0.460 e. The van der Waals surface area contributed by atoms with Crippen molar-refractivity contribution < 1.29 is 29.3 Å². The fourth-order valence-electron chi connectivity index (χ4n) is 3.39. The Morgan fingerprint density at radius 3 is 1.71 bits per heavy atom. The van der Waals surface area contributed by atoms with E-state index < -0.39 is 24.1 Å². The van der Waals surface area contributed by atoms with E-state index in [1.54, 1.807) is 0 Å². The molecule has 0 aromatic carbocycles. The molecule has 0 aromatic rings. The first kappa shape index (κ1) is 20.4. The van der Waals surface area contributed by atoms with E-state index in [0.29, 0.717) is 12.8 Å². The van der Waals surface area contributed by atoms with Gasteiger partial charge in [-0.3, -0.25) is 0 Å². The van der Waals surface area contributed by atoms with Gasteiger partial charge in [-0.1, -0.05) is 32.4 Å². The number of hydrogen-bond acceptors (Lipinski definition) is 6. The number of aliphatic hydroxyl groups excluding tert-OH is 2. The summed E-state index contributed by atoms with van der Waals surface area (Å²) in [6, 6.07) is 0. The summed E-state index contributed by atoms with van der Waals surface area (Å²) in [6.07, 6.45) is 6.33. The maximum absolute atomic E-state index is 11.1. The van der Waals surface area contributed by atoms with E-state index in [2.05, 4.69) is 13.2 Å². The molecule has 24 heavy (non-hydrogen) atoms. The van der Waals surface area contributed by atoms with Gasteiger partial charge >= 0.3 is 11.9 Å². The van der Waals surface area contributed by atoms with E-state index in [1.165, 1.54) is 0 Å². The first-order valence-electron chi connectivity index (χ1n) is 8.35. The molecule has 0 aromatic heterocycles. The number of rotatable bonds is 10. The van der Waals surface area contributed by atoms with Crippen molar-refractivity contribution in [2.24, 2.45) is 5.41 Å². The molecule has 0 aliphatic heterocycles. The number of carbonyl (C=O) groups is 2. The Morgan fingerprint density at radius 1 is 0.917 bits per heavy atom. The van der Waals surface area contributed by atoms with Crippen molar-refractivity contribution in [3.8, 4) is 0 Å². The summed E-state index contributed by atoms with van der Waals surface area (Å²) < 4.78 is 9.78. The van der Waals surface area contributed by atoms with E-state index >= 15 is 0 Å². The monoisotopic (exact) mass is 340 g/mol. The minimum atomic E-state index is -0.796. The number of carbonyl (C=O) groups excluding carboxylic acids is 2. The first-order valence-corrected chi connectivity index (χ1v) is 8.35. The van der Waals surface area contributed by atoms with Gasteiger partial charge < -0.3 is 19.7 Å². The Bertz CT molecular complexity index is 405. The summed E-state index contributed by atoms with van der Waals surface area (Å²) in [5.74, 6) is -1.13. The second-order valence-electron chi connectivity index (χ2n) is 6.44. The first-order chi connectivity index (χ1) is 11.4. The minimum absolute atomic E-state index is 0.0891. The van der Waals surface area contributed by atoms with Crippen LogP contribution in [0.5, 0.6) is 0 Å². The molecule has 1 aliphatic rings. The molecule has 0 saturated heterocycles. The molecule has 2 atom stereocenters. The lowest BCUT2D eigenvalue weighted by Gasteiger charge is -2.40. The highest BCUT2D eigenvalue weighted by molar-refractivity contribution is 5.81. The second-order valence-corrected chi connectivity index (χ2v) is 6.44. The zero-order chi connectivity index (χ0) is 18.0. The molecule has 6 nitrogen and oxygen atoms in total. The van der Waals surface area contributed by atoms with Gasteiger partial charge in [-0.2, -0.15) is 0 Å². The van der Waals surface area contributed by atoms with E-state index in [-0.39, 0.29) is 18.6 Å². The molecule has 1 saturated carbocycles. The predicted molar refractivity (Wildman–Crippen MR) is 89.1 cm³/mol. The molecule has 0 amide bonds. The lowest BCUT2D eigenvalue weighted by molar-refractivity contribution is -0.142. The van der Waals surface area contributed by atoms with Crippen LogP contribution in [0.3, 0.4) is 0 Å². The number of hydrogen-bond donors (Lipinski definition) is 2. The van der Waals surface area contributed by atoms with Crippen LogP contribution >= 0.6 is 0 Å². The SMILES string of the molecule is C=CC(=O)OCC(O)CC1(CC(O)COC(=O)C=C)CCCCC1. The van der Waals surface area contributed by atoms with Gasteiger partial charge in [-0.25, -0.2) is 9.59 Å². The lowest BCUT2D eigenvalue weighted by atomic mass is 9.67. The summed E-state index contributed by atoms with van der Waals surface area (Å²) in [5.41, 5.74) is -0.238. The van der Waals surface area contributed by atoms with Crippen LogP contribution in [-0.2, 0) is 19.1 Å². The summed E-state index contributed by atoms with van der Waals surface area (Å²) in [5, 5.41) is 20.4. The molecule has 0 spiro atoms. The molecule has 136 valence electrons. The summed E-state index contributed by atoms with van der Waals surface area (Å²) >= 11 is 0. The Kier molecular flexibility index (Phi) is 8.71. The van der Waals surface area contributed by atoms with Crippen molar-refractivity contribution in [3.63, 3.8) is 0 Å². The quantitative estimate of drug-likeness (QED) is 0.466. The standard InChI is InChI=1S/C18H28O6/c1-3-16(21)23-12-14(19)10-18(8-6-5-7-9-18)11-15(20)13-24-17(22)4-2/h3-4,14-15,19-20H,1-2,5-13H2. The molecule has 1 rings (SSSR count). The molecule has 6 heteroatoms. The molecule has 0 heterocycles. The van der Waals surface area contributed by atoms with E-state index in [0.717, 1.165) is 44.3 Å². The van der Waals surface area contributed by atoms with Gasteiger partial charge in [0.15, 0.2) is 0 Å². The van der Waals surface area contributed by atoms with Gasteiger partial charge in [0.2, 0.25) is 0 Å². The highest BCUT2D eigenvalue weighted by Gasteiger charge is 2.36. The van der Waals surface area contributed by atoms with Gasteiger partial charge in [0.05, 0.1) is 12.2 Å². The van der Waals surface area contributed by atoms with Crippen LogP contribution in [0.25, 0.3) is 0 Å². The van der Waals surface area contributed by atoms with Crippen LogP contribution in [0.15, 0.2) is 25.3 Å². The third-order valence-electron chi connectivity index (χ3n) is 4.42. The van der Waals surface area contributed by atoms with Crippen LogP contribution in [0.1, 0.15) is 44.9 Å². The van der Waals surface area contributed by atoms with Gasteiger partial charge in [-0.05, 0) is 31.1 Å². The Balaban J connectivity index is 2.57. The molecule has 0 bridgehead atoms. The Hall–Kier alpha value is -1.66. The fraction of sp³-hybridized carbons (Fsp3) is 0.667. The smallest absolute Gasteiger partial charge is 0.330 e. The average Bonchev–Trinajstić information content (AvgIpc) is 2.58. The molecular formula is C18H28O6. The van der Waals surface area contributed by atoms with Crippen LogP contribution in [0.2, 0.25) is 0 Å². The van der Waals surface area contributed by atoms with Crippen molar-refractivity contribution >= 4 is 11.9 Å². The highest BCUT2D eigenvalue weighted by Crippen LogP contribution is 2.44.